The van der Waals surface area contributed by atoms with Gasteiger partial charge in [0, 0.05) is 93.0 Å². The molecule has 1 aromatic carbocycles. The number of likely N-dealkylation sites (tertiary alicyclic amines) is 2. The van der Waals surface area contributed by atoms with E-state index in [1.807, 2.05) is 9.58 Å². The minimum atomic E-state index is -4.56. The third-order valence-electron chi connectivity index (χ3n) is 9.24. The molecule has 3 fully saturated rings. The molecule has 246 valence electrons. The lowest BCUT2D eigenvalue weighted by molar-refractivity contribution is -0.140. The first-order chi connectivity index (χ1) is 21.7. The van der Waals surface area contributed by atoms with Crippen LogP contribution in [0.4, 0.5) is 13.2 Å². The SMILES string of the molecule is O=C(CSc1cc(-c2nn(CC(O)CN3CCC(N4CCCC4=O)CC3)c3c2CNCC3)ccc1C(F)(F)F)N1CCOCC1. The maximum atomic E-state index is 14.0. The van der Waals surface area contributed by atoms with Crippen LogP contribution in [0.1, 0.15) is 42.5 Å². The van der Waals surface area contributed by atoms with Gasteiger partial charge >= 0.3 is 6.18 Å². The van der Waals surface area contributed by atoms with E-state index in [4.69, 9.17) is 9.84 Å². The third kappa shape index (κ3) is 7.51. The molecule has 10 nitrogen and oxygen atoms in total. The second-order valence-electron chi connectivity index (χ2n) is 12.2. The van der Waals surface area contributed by atoms with Crippen molar-refractivity contribution in [1.82, 2.24) is 29.8 Å². The van der Waals surface area contributed by atoms with E-state index in [1.165, 1.54) is 12.1 Å². The average molecular weight is 651 g/mol. The Labute approximate surface area is 265 Å². The lowest BCUT2D eigenvalue weighted by atomic mass is 10.0. The number of aliphatic hydroxyl groups excluding tert-OH is 1. The number of piperidine rings is 1. The number of hydrogen-bond acceptors (Lipinski definition) is 8. The van der Waals surface area contributed by atoms with Crippen LogP contribution in [0, 0.1) is 0 Å². The summed E-state index contributed by atoms with van der Waals surface area (Å²) in [5.41, 5.74) is 2.27. The Morgan fingerprint density at radius 2 is 1.89 bits per heavy atom. The number of nitrogens with one attached hydrogen (secondary N) is 1. The number of thioether (sulfide) groups is 1. The number of amides is 2. The van der Waals surface area contributed by atoms with Crippen LogP contribution in [-0.2, 0) is 40.0 Å². The van der Waals surface area contributed by atoms with Crippen molar-refractivity contribution in [3.63, 3.8) is 0 Å². The molecule has 0 saturated carbocycles. The smallest absolute Gasteiger partial charge is 0.390 e. The minimum absolute atomic E-state index is 0.00672. The number of benzene rings is 1. The van der Waals surface area contributed by atoms with Crippen molar-refractivity contribution >= 4 is 23.6 Å². The number of hydrogen-bond donors (Lipinski definition) is 2. The average Bonchev–Trinajstić information content (AvgIpc) is 3.63. The Morgan fingerprint density at radius 1 is 1.11 bits per heavy atom. The van der Waals surface area contributed by atoms with Crippen LogP contribution in [0.3, 0.4) is 0 Å². The summed E-state index contributed by atoms with van der Waals surface area (Å²) in [5, 5.41) is 19.3. The van der Waals surface area contributed by atoms with Crippen molar-refractivity contribution in [2.45, 2.75) is 68.4 Å². The molecule has 1 aromatic heterocycles. The molecule has 0 aliphatic carbocycles. The summed E-state index contributed by atoms with van der Waals surface area (Å²) in [6.45, 7) is 6.25. The van der Waals surface area contributed by atoms with Gasteiger partial charge in [0.05, 0.1) is 42.9 Å². The number of ether oxygens (including phenoxy) is 1. The maximum absolute atomic E-state index is 14.0. The number of halogens is 3. The molecule has 1 atom stereocenters. The standard InChI is InChI=1S/C31H41F3N6O4S/c32-31(33,34)25-4-3-21(16-27(25)45-20-29(43)38-12-14-44-15-13-38)30-24-17-35-8-5-26(24)40(36-30)19-23(41)18-37-10-6-22(7-11-37)39-9-1-2-28(39)42/h3-4,16,22-23,35,41H,1-2,5-15,17-20H2. The number of aliphatic hydroxyl groups is 1. The van der Waals surface area contributed by atoms with Crippen molar-refractivity contribution < 1.29 is 32.6 Å². The number of morpholine rings is 1. The first-order valence-corrected chi connectivity index (χ1v) is 16.8. The van der Waals surface area contributed by atoms with Gasteiger partial charge in [-0.2, -0.15) is 18.3 Å². The number of fused-ring (bicyclic) bond motifs is 1. The molecule has 4 aliphatic rings. The van der Waals surface area contributed by atoms with Crippen molar-refractivity contribution in [1.29, 1.82) is 0 Å². The van der Waals surface area contributed by atoms with E-state index in [-0.39, 0.29) is 35.0 Å². The highest BCUT2D eigenvalue weighted by molar-refractivity contribution is 8.00. The molecule has 5 heterocycles. The van der Waals surface area contributed by atoms with Crippen LogP contribution < -0.4 is 5.32 Å². The van der Waals surface area contributed by atoms with Crippen molar-refractivity contribution in [3.05, 3.63) is 35.0 Å². The molecule has 0 spiro atoms. The number of carbonyl (C=O) groups is 2. The molecule has 4 aliphatic heterocycles. The van der Waals surface area contributed by atoms with Gasteiger partial charge in [-0.15, -0.1) is 11.8 Å². The molecule has 14 heteroatoms. The zero-order valence-electron chi connectivity index (χ0n) is 25.4. The van der Waals surface area contributed by atoms with Crippen LogP contribution in [0.2, 0.25) is 0 Å². The van der Waals surface area contributed by atoms with Gasteiger partial charge in [-0.1, -0.05) is 6.07 Å². The monoisotopic (exact) mass is 650 g/mol. The summed E-state index contributed by atoms with van der Waals surface area (Å²) in [4.78, 5) is 30.7. The zero-order chi connectivity index (χ0) is 31.6. The van der Waals surface area contributed by atoms with Gasteiger partial charge < -0.3 is 29.9 Å². The summed E-state index contributed by atoms with van der Waals surface area (Å²) in [6.07, 6.45) is -1.16. The molecule has 0 bridgehead atoms. The van der Waals surface area contributed by atoms with E-state index in [1.54, 1.807) is 4.90 Å². The largest absolute Gasteiger partial charge is 0.417 e. The normalized spacial score (nSPS) is 20.9. The van der Waals surface area contributed by atoms with E-state index >= 15 is 0 Å². The number of carbonyl (C=O) groups excluding carboxylic acids is 2. The fraction of sp³-hybridized carbons (Fsp3) is 0.645. The fourth-order valence-corrected chi connectivity index (χ4v) is 7.90. The third-order valence-corrected chi connectivity index (χ3v) is 10.3. The van der Waals surface area contributed by atoms with Gasteiger partial charge in [0.1, 0.15) is 0 Å². The predicted molar refractivity (Wildman–Crippen MR) is 163 cm³/mol. The van der Waals surface area contributed by atoms with E-state index in [2.05, 4.69) is 10.2 Å². The van der Waals surface area contributed by atoms with Crippen LogP contribution in [0.25, 0.3) is 11.3 Å². The van der Waals surface area contributed by atoms with Crippen LogP contribution >= 0.6 is 11.8 Å². The van der Waals surface area contributed by atoms with Crippen LogP contribution in [0.5, 0.6) is 0 Å². The van der Waals surface area contributed by atoms with Crippen LogP contribution in [-0.4, -0.2) is 118 Å². The molecule has 2 N–H and O–H groups in total. The lowest BCUT2D eigenvalue weighted by Crippen LogP contribution is -2.47. The number of nitrogens with zero attached hydrogens (tertiary/aromatic N) is 5. The maximum Gasteiger partial charge on any atom is 0.417 e. The van der Waals surface area contributed by atoms with Gasteiger partial charge in [0.25, 0.3) is 0 Å². The summed E-state index contributed by atoms with van der Waals surface area (Å²) >= 11 is 0.898. The van der Waals surface area contributed by atoms with Crippen molar-refractivity contribution in [3.8, 4) is 11.3 Å². The first-order valence-electron chi connectivity index (χ1n) is 15.9. The second kappa shape index (κ2) is 14.0. The van der Waals surface area contributed by atoms with E-state index in [9.17, 15) is 27.9 Å². The topological polar surface area (TPSA) is 103 Å². The summed E-state index contributed by atoms with van der Waals surface area (Å²) in [6, 6.07) is 4.30. The van der Waals surface area contributed by atoms with E-state index in [0.29, 0.717) is 63.5 Å². The lowest BCUT2D eigenvalue weighted by Gasteiger charge is -2.37. The van der Waals surface area contributed by atoms with E-state index < -0.39 is 17.8 Å². The Kier molecular flexibility index (Phi) is 10.0. The van der Waals surface area contributed by atoms with Crippen molar-refractivity contribution in [2.24, 2.45) is 0 Å². The molecule has 6 rings (SSSR count). The highest BCUT2D eigenvalue weighted by Gasteiger charge is 2.35. The number of aromatic nitrogens is 2. The molecular formula is C31H41F3N6O4S. The molecule has 2 aromatic rings. The summed E-state index contributed by atoms with van der Waals surface area (Å²) in [5.74, 6) is -0.0591. The fourth-order valence-electron chi connectivity index (χ4n) is 6.89. The molecular weight excluding hydrogens is 609 g/mol. The van der Waals surface area contributed by atoms with Gasteiger partial charge in [-0.05, 0) is 31.4 Å². The molecule has 2 amide bonds. The van der Waals surface area contributed by atoms with Crippen molar-refractivity contribution in [2.75, 3.05) is 64.8 Å². The van der Waals surface area contributed by atoms with E-state index in [0.717, 1.165) is 74.5 Å². The molecule has 1 unspecified atom stereocenters. The second-order valence-corrected chi connectivity index (χ2v) is 13.3. The molecule has 0 radical (unpaired) electrons. The molecule has 3 saturated heterocycles. The minimum Gasteiger partial charge on any atom is -0.390 e. The van der Waals surface area contributed by atoms with Crippen LogP contribution in [0.15, 0.2) is 23.1 Å². The zero-order valence-corrected chi connectivity index (χ0v) is 26.2. The quantitative estimate of drug-likeness (QED) is 0.400. The number of rotatable bonds is 9. The highest BCUT2D eigenvalue weighted by atomic mass is 32.2. The Balaban J connectivity index is 1.15. The summed E-state index contributed by atoms with van der Waals surface area (Å²) in [7, 11) is 0. The summed E-state index contributed by atoms with van der Waals surface area (Å²) < 4.78 is 49.1. The highest BCUT2D eigenvalue weighted by Crippen LogP contribution is 2.40. The Morgan fingerprint density at radius 3 is 2.60 bits per heavy atom. The number of alkyl halides is 3. The molecule has 45 heavy (non-hydrogen) atoms. The van der Waals surface area contributed by atoms with Gasteiger partial charge in [-0.3, -0.25) is 14.3 Å². The number of β-amino-alcohol motifs (C(OH)–C–C–N with tert-alkyl or cyclic N) is 1. The van der Waals surface area contributed by atoms with Gasteiger partial charge in [-0.25, -0.2) is 0 Å². The Bertz CT molecular complexity index is 1370. The Hall–Kier alpha value is -2.65. The van der Waals surface area contributed by atoms with Gasteiger partial charge in [0.15, 0.2) is 0 Å². The first kappa shape index (κ1) is 32.3. The van der Waals surface area contributed by atoms with Gasteiger partial charge in [0.2, 0.25) is 11.8 Å². The predicted octanol–water partition coefficient (Wildman–Crippen LogP) is 2.61.